The third kappa shape index (κ3) is 2.98. The van der Waals surface area contributed by atoms with Gasteiger partial charge in [-0.3, -0.25) is 14.3 Å². The summed E-state index contributed by atoms with van der Waals surface area (Å²) in [6, 6.07) is 9.73. The Hall–Kier alpha value is -2.43. The van der Waals surface area contributed by atoms with Gasteiger partial charge in [0.1, 0.15) is 5.78 Å². The van der Waals surface area contributed by atoms with Crippen LogP contribution in [0.1, 0.15) is 38.8 Å². The summed E-state index contributed by atoms with van der Waals surface area (Å²) in [6.45, 7) is 6.03. The third-order valence-electron chi connectivity index (χ3n) is 4.49. The van der Waals surface area contributed by atoms with E-state index in [1.165, 1.54) is 0 Å². The van der Waals surface area contributed by atoms with E-state index in [0.29, 0.717) is 18.5 Å². The van der Waals surface area contributed by atoms with Crippen LogP contribution in [-0.4, -0.2) is 20.9 Å². The van der Waals surface area contributed by atoms with Crippen LogP contribution in [-0.2, 0) is 11.8 Å². The minimum absolute atomic E-state index is 0.0880. The summed E-state index contributed by atoms with van der Waals surface area (Å²) in [6.07, 6.45) is 1.68. The molecule has 0 N–H and O–H groups in total. The van der Waals surface area contributed by atoms with Gasteiger partial charge in [0.15, 0.2) is 5.69 Å². The van der Waals surface area contributed by atoms with Crippen LogP contribution in [0.3, 0.4) is 0 Å². The number of ketones is 1. The fourth-order valence-corrected chi connectivity index (χ4v) is 3.53. The highest BCUT2D eigenvalue weighted by Gasteiger charge is 2.30. The molecule has 0 unspecified atom stereocenters. The molecule has 5 nitrogen and oxygen atoms in total. The van der Waals surface area contributed by atoms with Gasteiger partial charge in [-0.15, -0.1) is 0 Å². The van der Waals surface area contributed by atoms with Crippen molar-refractivity contribution in [3.63, 3.8) is 0 Å². The van der Waals surface area contributed by atoms with Gasteiger partial charge < -0.3 is 0 Å². The molecule has 0 amide bonds. The second-order valence-electron chi connectivity index (χ2n) is 7.32. The predicted octanol–water partition coefficient (Wildman–Crippen LogP) is 3.34. The molecule has 2 aromatic rings. The van der Waals surface area contributed by atoms with E-state index in [1.54, 1.807) is 11.7 Å². The first-order valence-electron chi connectivity index (χ1n) is 8.21. The first kappa shape index (κ1) is 16.4. The number of hydrogen-bond acceptors (Lipinski definition) is 3. The number of Topliss-reactive ketones (excluding diaryl/α,β-unsaturated/α-hetero) is 1. The van der Waals surface area contributed by atoms with Gasteiger partial charge in [0.25, 0.3) is 5.56 Å². The van der Waals surface area contributed by atoms with Crippen molar-refractivity contribution in [2.75, 3.05) is 0 Å². The molecular formula is C19H23N3O2. The summed E-state index contributed by atoms with van der Waals surface area (Å²) < 4.78 is 3.43. The maximum atomic E-state index is 12.7. The van der Waals surface area contributed by atoms with E-state index in [4.69, 9.17) is 0 Å². The van der Waals surface area contributed by atoms with Gasteiger partial charge in [-0.05, 0) is 30.9 Å². The van der Waals surface area contributed by atoms with Gasteiger partial charge in [0.2, 0.25) is 0 Å². The van der Waals surface area contributed by atoms with E-state index in [1.807, 2.05) is 41.9 Å². The van der Waals surface area contributed by atoms with E-state index in [0.717, 1.165) is 23.5 Å². The van der Waals surface area contributed by atoms with Crippen molar-refractivity contribution in [3.05, 3.63) is 46.4 Å². The first-order chi connectivity index (χ1) is 11.3. The summed E-state index contributed by atoms with van der Waals surface area (Å²) in [4.78, 5) is 29.2. The zero-order valence-electron chi connectivity index (χ0n) is 14.7. The molecule has 1 aliphatic carbocycles. The molecule has 0 spiro atoms. The monoisotopic (exact) mass is 325 g/mol. The Labute approximate surface area is 141 Å². The van der Waals surface area contributed by atoms with Crippen molar-refractivity contribution in [3.8, 4) is 5.69 Å². The van der Waals surface area contributed by atoms with Gasteiger partial charge in [-0.25, -0.2) is 9.67 Å². The largest absolute Gasteiger partial charge is 0.299 e. The Morgan fingerprint density at radius 1 is 1.08 bits per heavy atom. The molecule has 0 bridgehead atoms. The Morgan fingerprint density at radius 3 is 2.38 bits per heavy atom. The molecule has 3 rings (SSSR count). The molecule has 24 heavy (non-hydrogen) atoms. The van der Waals surface area contributed by atoms with Crippen molar-refractivity contribution < 1.29 is 4.79 Å². The lowest BCUT2D eigenvalue weighted by atomic mass is 9.76. The van der Waals surface area contributed by atoms with E-state index in [9.17, 15) is 9.59 Å². The molecule has 0 saturated heterocycles. The molecule has 1 heterocycles. The lowest BCUT2D eigenvalue weighted by molar-refractivity contribution is -0.120. The van der Waals surface area contributed by atoms with E-state index >= 15 is 0 Å². The quantitative estimate of drug-likeness (QED) is 0.850. The lowest BCUT2D eigenvalue weighted by Gasteiger charge is -2.29. The third-order valence-corrected chi connectivity index (χ3v) is 4.49. The minimum Gasteiger partial charge on any atom is -0.299 e. The highest BCUT2D eigenvalue weighted by atomic mass is 16.1. The van der Waals surface area contributed by atoms with Crippen molar-refractivity contribution in [1.29, 1.82) is 0 Å². The summed E-state index contributed by atoms with van der Waals surface area (Å²) in [5.74, 6) is 0.196. The van der Waals surface area contributed by atoms with Crippen LogP contribution in [0.4, 0.5) is 5.69 Å². The van der Waals surface area contributed by atoms with Crippen molar-refractivity contribution in [2.24, 2.45) is 17.5 Å². The molecule has 1 aliphatic rings. The molecule has 1 saturated carbocycles. The maximum Gasteiger partial charge on any atom is 0.292 e. The van der Waals surface area contributed by atoms with Crippen LogP contribution in [0.15, 0.2) is 40.1 Å². The fourth-order valence-electron chi connectivity index (χ4n) is 3.53. The first-order valence-corrected chi connectivity index (χ1v) is 8.21. The summed E-state index contributed by atoms with van der Waals surface area (Å²) in [7, 11) is 1.74. The van der Waals surface area contributed by atoms with Crippen molar-refractivity contribution in [2.45, 2.75) is 40.0 Å². The molecule has 0 atom stereocenters. The molecule has 126 valence electrons. The number of nitrogens with zero attached hydrogens (tertiary/aromatic N) is 3. The number of para-hydroxylation sites is 1. The van der Waals surface area contributed by atoms with Crippen molar-refractivity contribution >= 4 is 17.2 Å². The number of carbonyl (C=O) groups is 1. The zero-order valence-corrected chi connectivity index (χ0v) is 14.7. The Kier molecular flexibility index (Phi) is 4.03. The second kappa shape index (κ2) is 5.89. The molecule has 1 aromatic heterocycles. The normalized spacial score (nSPS) is 19.0. The van der Waals surface area contributed by atoms with Crippen LogP contribution in [0.25, 0.3) is 5.69 Å². The summed E-state index contributed by atoms with van der Waals surface area (Å²) in [5, 5.41) is 0. The lowest BCUT2D eigenvalue weighted by Crippen LogP contribution is -2.29. The van der Waals surface area contributed by atoms with Gasteiger partial charge >= 0.3 is 0 Å². The van der Waals surface area contributed by atoms with Gasteiger partial charge in [0, 0.05) is 25.6 Å². The van der Waals surface area contributed by atoms with E-state index in [-0.39, 0.29) is 16.8 Å². The average Bonchev–Trinajstić information content (AvgIpc) is 2.70. The highest BCUT2D eigenvalue weighted by Crippen LogP contribution is 2.33. The smallest absolute Gasteiger partial charge is 0.292 e. The number of carbonyl (C=O) groups excluding carboxylic acids is 1. The van der Waals surface area contributed by atoms with Gasteiger partial charge in [-0.2, -0.15) is 0 Å². The second-order valence-corrected chi connectivity index (χ2v) is 7.32. The van der Waals surface area contributed by atoms with E-state index < -0.39 is 0 Å². The number of benzene rings is 1. The topological polar surface area (TPSA) is 56.4 Å². The highest BCUT2D eigenvalue weighted by molar-refractivity contribution is 6.05. The number of aromatic nitrogens is 2. The Morgan fingerprint density at radius 2 is 1.75 bits per heavy atom. The minimum atomic E-state index is -0.139. The number of hydrogen-bond donors (Lipinski definition) is 0. The summed E-state index contributed by atoms with van der Waals surface area (Å²) in [5.41, 5.74) is 2.72. The predicted molar refractivity (Wildman–Crippen MR) is 95.5 cm³/mol. The molecule has 0 aliphatic heterocycles. The maximum absolute atomic E-state index is 12.7. The van der Waals surface area contributed by atoms with Crippen LogP contribution < -0.4 is 5.56 Å². The summed E-state index contributed by atoms with van der Waals surface area (Å²) >= 11 is 0. The molecule has 5 heteroatoms. The SMILES string of the molecule is Cc1c(N=C2CC(=O)CC(C)(C)C2)c(=O)n(C)n1-c1ccccc1. The van der Waals surface area contributed by atoms with Crippen LogP contribution in [0, 0.1) is 12.3 Å². The molecular weight excluding hydrogens is 302 g/mol. The number of rotatable bonds is 2. The zero-order chi connectivity index (χ0) is 17.5. The Bertz CT molecular complexity index is 870. The fraction of sp³-hybridized carbons (Fsp3) is 0.421. The van der Waals surface area contributed by atoms with Crippen LogP contribution in [0.2, 0.25) is 0 Å². The Balaban J connectivity index is 2.09. The molecule has 1 aromatic carbocycles. The van der Waals surface area contributed by atoms with E-state index in [2.05, 4.69) is 18.8 Å². The molecule has 0 radical (unpaired) electrons. The van der Waals surface area contributed by atoms with Gasteiger partial charge in [0.05, 0.1) is 11.4 Å². The van der Waals surface area contributed by atoms with Gasteiger partial charge in [-0.1, -0.05) is 32.0 Å². The van der Waals surface area contributed by atoms with Crippen LogP contribution in [0.5, 0.6) is 0 Å². The standard InChI is InChI=1S/C19H23N3O2/c1-13-17(20-14-10-16(23)12-19(2,3)11-14)18(24)21(4)22(13)15-8-6-5-7-9-15/h5-9H,10-12H2,1-4H3. The number of aliphatic imine (C=N–C) groups is 1. The van der Waals surface area contributed by atoms with Crippen LogP contribution >= 0.6 is 0 Å². The van der Waals surface area contributed by atoms with Crippen molar-refractivity contribution in [1.82, 2.24) is 9.36 Å². The molecule has 1 fully saturated rings. The average molecular weight is 325 g/mol.